The molecule has 3 rings (SSSR count). The van der Waals surface area contributed by atoms with E-state index >= 15 is 0 Å². The fraction of sp³-hybridized carbons (Fsp3) is 0.474. The fourth-order valence-electron chi connectivity index (χ4n) is 3.51. The Kier molecular flexibility index (Phi) is 5.35. The van der Waals surface area contributed by atoms with Crippen LogP contribution in [0.5, 0.6) is 0 Å². The Morgan fingerprint density at radius 3 is 2.62 bits per heavy atom. The number of amides is 1. The molecule has 7 heteroatoms. The molecular weight excluding hydrogens is 332 g/mol. The lowest BCUT2D eigenvalue weighted by Gasteiger charge is -2.38. The molecule has 0 bridgehead atoms. The van der Waals surface area contributed by atoms with Crippen LogP contribution in [-0.4, -0.2) is 50.2 Å². The molecule has 0 spiro atoms. The van der Waals surface area contributed by atoms with Crippen molar-refractivity contribution >= 4 is 11.9 Å². The Hall–Kier alpha value is -2.70. The Labute approximate surface area is 153 Å². The van der Waals surface area contributed by atoms with E-state index in [2.05, 4.69) is 10.1 Å². The molecule has 0 aliphatic carbocycles. The number of likely N-dealkylation sites (tertiary alicyclic amines) is 1. The van der Waals surface area contributed by atoms with Crippen molar-refractivity contribution in [2.24, 2.45) is 0 Å². The van der Waals surface area contributed by atoms with Crippen LogP contribution < -0.4 is 0 Å². The number of piperidine rings is 1. The zero-order valence-electron chi connectivity index (χ0n) is 15.4. The van der Waals surface area contributed by atoms with Gasteiger partial charge in [0.15, 0.2) is 12.4 Å². The highest BCUT2D eigenvalue weighted by Crippen LogP contribution is 2.22. The predicted molar refractivity (Wildman–Crippen MR) is 96.0 cm³/mol. The van der Waals surface area contributed by atoms with Gasteiger partial charge < -0.3 is 9.64 Å². The van der Waals surface area contributed by atoms with Gasteiger partial charge in [-0.2, -0.15) is 5.10 Å². The Bertz CT molecular complexity index is 777. The highest BCUT2D eigenvalue weighted by molar-refractivity contribution is 5.92. The van der Waals surface area contributed by atoms with Gasteiger partial charge in [0.25, 0.3) is 5.91 Å². The zero-order chi connectivity index (χ0) is 18.7. The minimum atomic E-state index is -0.546. The van der Waals surface area contributed by atoms with Crippen molar-refractivity contribution < 1.29 is 14.3 Å². The molecule has 1 aliphatic heterocycles. The number of carbonyl (C=O) groups is 2. The van der Waals surface area contributed by atoms with E-state index in [9.17, 15) is 9.59 Å². The van der Waals surface area contributed by atoms with Crippen LogP contribution in [0.3, 0.4) is 0 Å². The van der Waals surface area contributed by atoms with Gasteiger partial charge in [-0.15, -0.1) is 0 Å². The number of aromatic nitrogens is 3. The SMILES string of the molecule is Cc1c(C(=O)OCC(=O)N2C(C)CCCC2C)cnn1-c1ccccn1. The molecule has 7 nitrogen and oxygen atoms in total. The van der Waals surface area contributed by atoms with Crippen molar-refractivity contribution in [1.29, 1.82) is 0 Å². The lowest BCUT2D eigenvalue weighted by molar-refractivity contribution is -0.140. The average Bonchev–Trinajstić information content (AvgIpc) is 3.02. The average molecular weight is 356 g/mol. The third-order valence-corrected chi connectivity index (χ3v) is 4.90. The zero-order valence-corrected chi connectivity index (χ0v) is 15.4. The minimum Gasteiger partial charge on any atom is -0.452 e. The quantitative estimate of drug-likeness (QED) is 0.787. The summed E-state index contributed by atoms with van der Waals surface area (Å²) in [6, 6.07) is 5.82. The number of rotatable bonds is 4. The summed E-state index contributed by atoms with van der Waals surface area (Å²) in [6.45, 7) is 5.60. The first-order valence-electron chi connectivity index (χ1n) is 8.93. The molecule has 1 saturated heterocycles. The molecule has 0 N–H and O–H groups in total. The first-order chi connectivity index (χ1) is 12.5. The number of pyridine rings is 1. The number of hydrogen-bond acceptors (Lipinski definition) is 5. The second-order valence-electron chi connectivity index (χ2n) is 6.75. The standard InChI is InChI=1S/C19H24N4O3/c1-13-7-6-8-14(2)22(13)18(24)12-26-19(25)16-11-21-23(15(16)3)17-9-4-5-10-20-17/h4-5,9-11,13-14H,6-8,12H2,1-3H3. The van der Waals surface area contributed by atoms with Crippen LogP contribution in [0.1, 0.15) is 49.2 Å². The third kappa shape index (κ3) is 3.61. The number of carbonyl (C=O) groups excluding carboxylic acids is 2. The fourth-order valence-corrected chi connectivity index (χ4v) is 3.51. The van der Waals surface area contributed by atoms with E-state index in [0.29, 0.717) is 17.1 Å². The summed E-state index contributed by atoms with van der Waals surface area (Å²) >= 11 is 0. The van der Waals surface area contributed by atoms with Crippen LogP contribution in [0.15, 0.2) is 30.6 Å². The molecule has 2 unspecified atom stereocenters. The monoisotopic (exact) mass is 356 g/mol. The summed E-state index contributed by atoms with van der Waals surface area (Å²) in [5.74, 6) is -0.0701. The molecular formula is C19H24N4O3. The van der Waals surface area contributed by atoms with Gasteiger partial charge in [-0.05, 0) is 52.2 Å². The second-order valence-corrected chi connectivity index (χ2v) is 6.75. The molecule has 0 aromatic carbocycles. The van der Waals surface area contributed by atoms with Crippen molar-refractivity contribution in [3.63, 3.8) is 0 Å². The molecule has 0 radical (unpaired) electrons. The van der Waals surface area contributed by atoms with Crippen LogP contribution in [-0.2, 0) is 9.53 Å². The molecule has 26 heavy (non-hydrogen) atoms. The number of ether oxygens (including phenoxy) is 1. The van der Waals surface area contributed by atoms with Crippen molar-refractivity contribution in [2.75, 3.05) is 6.61 Å². The normalized spacial score (nSPS) is 20.0. The maximum absolute atomic E-state index is 12.5. The largest absolute Gasteiger partial charge is 0.452 e. The molecule has 1 aliphatic rings. The predicted octanol–water partition coefficient (Wildman–Crippen LogP) is 2.52. The second kappa shape index (κ2) is 7.68. The Balaban J connectivity index is 1.66. The van der Waals surface area contributed by atoms with Crippen molar-refractivity contribution in [3.05, 3.63) is 41.9 Å². The van der Waals surface area contributed by atoms with Gasteiger partial charge in [-0.25, -0.2) is 14.5 Å². The third-order valence-electron chi connectivity index (χ3n) is 4.90. The summed E-state index contributed by atoms with van der Waals surface area (Å²) in [6.07, 6.45) is 6.20. The number of esters is 1. The van der Waals surface area contributed by atoms with Gasteiger partial charge in [-0.3, -0.25) is 4.79 Å². The van der Waals surface area contributed by atoms with Gasteiger partial charge in [0, 0.05) is 18.3 Å². The van der Waals surface area contributed by atoms with Gasteiger partial charge >= 0.3 is 5.97 Å². The molecule has 2 atom stereocenters. The molecule has 1 fully saturated rings. The number of nitrogens with zero attached hydrogens (tertiary/aromatic N) is 4. The summed E-state index contributed by atoms with van der Waals surface area (Å²) in [5.41, 5.74) is 0.962. The summed E-state index contributed by atoms with van der Waals surface area (Å²) in [7, 11) is 0. The van der Waals surface area contributed by atoms with E-state index in [1.54, 1.807) is 23.9 Å². The van der Waals surface area contributed by atoms with E-state index < -0.39 is 5.97 Å². The minimum absolute atomic E-state index is 0.146. The van der Waals surface area contributed by atoms with Crippen molar-refractivity contribution in [1.82, 2.24) is 19.7 Å². The lowest BCUT2D eigenvalue weighted by Crippen LogP contribution is -2.49. The topological polar surface area (TPSA) is 77.3 Å². The molecule has 138 valence electrons. The summed E-state index contributed by atoms with van der Waals surface area (Å²) in [5, 5.41) is 4.21. The Morgan fingerprint density at radius 2 is 1.96 bits per heavy atom. The van der Waals surface area contributed by atoms with Crippen molar-refractivity contribution in [2.45, 2.75) is 52.1 Å². The van der Waals surface area contributed by atoms with Crippen LogP contribution in [0.25, 0.3) is 5.82 Å². The molecule has 2 aromatic heterocycles. The van der Waals surface area contributed by atoms with E-state index in [0.717, 1.165) is 19.3 Å². The first-order valence-corrected chi connectivity index (χ1v) is 8.93. The molecule has 3 heterocycles. The van der Waals surface area contributed by atoms with Gasteiger partial charge in [0.1, 0.15) is 5.56 Å². The van der Waals surface area contributed by atoms with Crippen molar-refractivity contribution in [3.8, 4) is 5.82 Å². The van der Waals surface area contributed by atoms with E-state index in [-0.39, 0.29) is 24.6 Å². The summed E-state index contributed by atoms with van der Waals surface area (Å²) < 4.78 is 6.84. The van der Waals surface area contributed by atoms with E-state index in [1.165, 1.54) is 6.20 Å². The maximum atomic E-state index is 12.5. The summed E-state index contributed by atoms with van der Waals surface area (Å²) in [4.78, 5) is 30.9. The van der Waals surface area contributed by atoms with Crippen LogP contribution in [0, 0.1) is 6.92 Å². The molecule has 1 amide bonds. The first kappa shape index (κ1) is 18.1. The van der Waals surface area contributed by atoms with Gasteiger partial charge in [-0.1, -0.05) is 6.07 Å². The van der Waals surface area contributed by atoms with Gasteiger partial charge in [0.05, 0.1) is 11.9 Å². The van der Waals surface area contributed by atoms with Crippen LogP contribution in [0.2, 0.25) is 0 Å². The van der Waals surface area contributed by atoms with Crippen LogP contribution in [0.4, 0.5) is 0 Å². The smallest absolute Gasteiger partial charge is 0.342 e. The highest BCUT2D eigenvalue weighted by atomic mass is 16.5. The molecule has 0 saturated carbocycles. The lowest BCUT2D eigenvalue weighted by atomic mass is 9.97. The van der Waals surface area contributed by atoms with Crippen LogP contribution >= 0.6 is 0 Å². The van der Waals surface area contributed by atoms with Gasteiger partial charge in [0.2, 0.25) is 0 Å². The van der Waals surface area contributed by atoms with E-state index in [4.69, 9.17) is 4.74 Å². The van der Waals surface area contributed by atoms with E-state index in [1.807, 2.05) is 30.9 Å². The maximum Gasteiger partial charge on any atom is 0.342 e. The number of hydrogen-bond donors (Lipinski definition) is 0. The highest BCUT2D eigenvalue weighted by Gasteiger charge is 2.29. The molecule has 2 aromatic rings. The Morgan fingerprint density at radius 1 is 1.23 bits per heavy atom.